The van der Waals surface area contributed by atoms with E-state index in [1.54, 1.807) is 21.3 Å². The lowest BCUT2D eigenvalue weighted by molar-refractivity contribution is -0.0300. The zero-order valence-electron chi connectivity index (χ0n) is 16.9. The molecule has 0 spiro atoms. The summed E-state index contributed by atoms with van der Waals surface area (Å²) in [6.45, 7) is 5.00. The van der Waals surface area contributed by atoms with E-state index in [4.69, 9.17) is 18.9 Å². The molecule has 1 unspecified atom stereocenters. The standard InChI is InChI=1S/C22H30N2O4/c1-25-18-11-21(26-2)20(22(12-18)27-3)14-23-13-19-16-24(9-10-28-19)15-17-7-5-4-6-8-17/h4-8,11-12,19,23H,9-10,13-16H2,1-3H3. The number of morpholine rings is 1. The van der Waals surface area contributed by atoms with Crippen LogP contribution in [0.5, 0.6) is 17.2 Å². The first-order chi connectivity index (χ1) is 13.7. The van der Waals surface area contributed by atoms with Gasteiger partial charge >= 0.3 is 0 Å². The SMILES string of the molecule is COc1cc(OC)c(CNCC2CN(Cc3ccccc3)CCO2)c(OC)c1. The Morgan fingerprint density at radius 1 is 1.04 bits per heavy atom. The van der Waals surface area contributed by atoms with Crippen molar-refractivity contribution in [3.63, 3.8) is 0 Å². The molecule has 0 aliphatic carbocycles. The minimum absolute atomic E-state index is 0.160. The predicted octanol–water partition coefficient (Wildman–Crippen LogP) is 2.70. The molecule has 0 bridgehead atoms. The lowest BCUT2D eigenvalue weighted by Crippen LogP contribution is -2.46. The van der Waals surface area contributed by atoms with E-state index >= 15 is 0 Å². The number of rotatable bonds is 9. The fraction of sp³-hybridized carbons (Fsp3) is 0.455. The molecule has 1 aliphatic rings. The fourth-order valence-corrected chi connectivity index (χ4v) is 3.50. The number of ether oxygens (including phenoxy) is 4. The molecule has 0 radical (unpaired) electrons. The molecule has 1 atom stereocenters. The Balaban J connectivity index is 1.54. The van der Waals surface area contributed by atoms with Gasteiger partial charge in [-0.3, -0.25) is 4.90 Å². The second-order valence-corrected chi connectivity index (χ2v) is 6.85. The molecule has 1 fully saturated rings. The average molecular weight is 386 g/mol. The van der Waals surface area contributed by atoms with Gasteiger partial charge in [0.2, 0.25) is 0 Å². The van der Waals surface area contributed by atoms with Crippen molar-refractivity contribution < 1.29 is 18.9 Å². The Bertz CT molecular complexity index is 714. The van der Waals surface area contributed by atoms with Crippen LogP contribution in [0.1, 0.15) is 11.1 Å². The highest BCUT2D eigenvalue weighted by Gasteiger charge is 2.21. The van der Waals surface area contributed by atoms with Crippen molar-refractivity contribution in [3.05, 3.63) is 53.6 Å². The number of benzene rings is 2. The minimum Gasteiger partial charge on any atom is -0.496 e. The molecule has 6 nitrogen and oxygen atoms in total. The molecule has 1 saturated heterocycles. The number of nitrogens with one attached hydrogen (secondary N) is 1. The van der Waals surface area contributed by atoms with Crippen LogP contribution in [0.2, 0.25) is 0 Å². The van der Waals surface area contributed by atoms with Crippen LogP contribution in [0.3, 0.4) is 0 Å². The molecule has 2 aromatic carbocycles. The molecule has 0 amide bonds. The quantitative estimate of drug-likeness (QED) is 0.715. The molecular weight excluding hydrogens is 356 g/mol. The normalized spacial score (nSPS) is 17.3. The fourth-order valence-electron chi connectivity index (χ4n) is 3.50. The highest BCUT2D eigenvalue weighted by atomic mass is 16.5. The van der Waals surface area contributed by atoms with E-state index in [0.29, 0.717) is 12.3 Å². The molecule has 2 aromatic rings. The summed E-state index contributed by atoms with van der Waals surface area (Å²) in [6.07, 6.45) is 0.160. The van der Waals surface area contributed by atoms with Gasteiger partial charge in [-0.2, -0.15) is 0 Å². The van der Waals surface area contributed by atoms with Gasteiger partial charge in [-0.15, -0.1) is 0 Å². The van der Waals surface area contributed by atoms with Gasteiger partial charge in [0.05, 0.1) is 39.6 Å². The smallest absolute Gasteiger partial charge is 0.130 e. The van der Waals surface area contributed by atoms with E-state index < -0.39 is 0 Å². The third kappa shape index (κ3) is 5.38. The first kappa shape index (κ1) is 20.5. The summed E-state index contributed by atoms with van der Waals surface area (Å²) in [4.78, 5) is 2.44. The van der Waals surface area contributed by atoms with Gasteiger partial charge in [0.25, 0.3) is 0 Å². The molecule has 1 heterocycles. The maximum Gasteiger partial charge on any atom is 0.130 e. The van der Waals surface area contributed by atoms with Gasteiger partial charge in [0, 0.05) is 44.9 Å². The first-order valence-electron chi connectivity index (χ1n) is 9.61. The zero-order chi connectivity index (χ0) is 19.8. The summed E-state index contributed by atoms with van der Waals surface area (Å²) >= 11 is 0. The van der Waals surface area contributed by atoms with E-state index in [1.807, 2.05) is 12.1 Å². The molecular formula is C22H30N2O4. The van der Waals surface area contributed by atoms with E-state index in [2.05, 4.69) is 40.5 Å². The molecule has 28 heavy (non-hydrogen) atoms. The topological polar surface area (TPSA) is 52.2 Å². The highest BCUT2D eigenvalue weighted by molar-refractivity contribution is 5.50. The Morgan fingerprint density at radius 2 is 1.75 bits per heavy atom. The van der Waals surface area contributed by atoms with E-state index in [9.17, 15) is 0 Å². The molecule has 6 heteroatoms. The number of hydrogen-bond donors (Lipinski definition) is 1. The van der Waals surface area contributed by atoms with E-state index in [0.717, 1.165) is 49.8 Å². The maximum atomic E-state index is 5.95. The Hall–Kier alpha value is -2.28. The Morgan fingerprint density at radius 3 is 2.39 bits per heavy atom. The van der Waals surface area contributed by atoms with Gasteiger partial charge in [-0.1, -0.05) is 30.3 Å². The second kappa shape index (κ2) is 10.3. The van der Waals surface area contributed by atoms with Gasteiger partial charge in [-0.25, -0.2) is 0 Å². The summed E-state index contributed by atoms with van der Waals surface area (Å²) in [6, 6.07) is 14.3. The van der Waals surface area contributed by atoms with Crippen molar-refractivity contribution in [2.45, 2.75) is 19.2 Å². The van der Waals surface area contributed by atoms with Crippen molar-refractivity contribution in [1.29, 1.82) is 0 Å². The Kier molecular flexibility index (Phi) is 7.54. The summed E-state index contributed by atoms with van der Waals surface area (Å²) in [5.74, 6) is 2.21. The second-order valence-electron chi connectivity index (χ2n) is 6.85. The lowest BCUT2D eigenvalue weighted by Gasteiger charge is -2.33. The number of hydrogen-bond acceptors (Lipinski definition) is 6. The van der Waals surface area contributed by atoms with E-state index in [-0.39, 0.29) is 6.10 Å². The van der Waals surface area contributed by atoms with Crippen LogP contribution in [0.15, 0.2) is 42.5 Å². The molecule has 1 N–H and O–H groups in total. The summed E-state index contributed by atoms with van der Waals surface area (Å²) in [5.41, 5.74) is 2.31. The minimum atomic E-state index is 0.160. The third-order valence-corrected chi connectivity index (χ3v) is 4.96. The van der Waals surface area contributed by atoms with Crippen molar-refractivity contribution in [2.75, 3.05) is 47.6 Å². The molecule has 3 rings (SSSR count). The van der Waals surface area contributed by atoms with E-state index in [1.165, 1.54) is 5.56 Å². The first-order valence-corrected chi connectivity index (χ1v) is 9.61. The molecule has 0 saturated carbocycles. The monoisotopic (exact) mass is 386 g/mol. The largest absolute Gasteiger partial charge is 0.496 e. The van der Waals surface area contributed by atoms with Gasteiger partial charge in [-0.05, 0) is 5.56 Å². The molecule has 152 valence electrons. The van der Waals surface area contributed by atoms with Crippen LogP contribution in [0.4, 0.5) is 0 Å². The maximum absolute atomic E-state index is 5.95. The highest BCUT2D eigenvalue weighted by Crippen LogP contribution is 2.33. The van der Waals surface area contributed by atoms with Crippen LogP contribution in [0.25, 0.3) is 0 Å². The molecule has 0 aromatic heterocycles. The van der Waals surface area contributed by atoms with Crippen LogP contribution >= 0.6 is 0 Å². The lowest BCUT2D eigenvalue weighted by atomic mass is 10.1. The van der Waals surface area contributed by atoms with Crippen molar-refractivity contribution >= 4 is 0 Å². The third-order valence-electron chi connectivity index (χ3n) is 4.96. The van der Waals surface area contributed by atoms with Gasteiger partial charge in [0.1, 0.15) is 17.2 Å². The van der Waals surface area contributed by atoms with Crippen molar-refractivity contribution in [3.8, 4) is 17.2 Å². The summed E-state index contributed by atoms with van der Waals surface area (Å²) in [7, 11) is 4.95. The van der Waals surface area contributed by atoms with Gasteiger partial charge < -0.3 is 24.3 Å². The number of methoxy groups -OCH3 is 3. The summed E-state index contributed by atoms with van der Waals surface area (Å²) in [5, 5.41) is 3.49. The van der Waals surface area contributed by atoms with Gasteiger partial charge in [0.15, 0.2) is 0 Å². The zero-order valence-corrected chi connectivity index (χ0v) is 16.9. The van der Waals surface area contributed by atoms with Crippen molar-refractivity contribution in [2.24, 2.45) is 0 Å². The van der Waals surface area contributed by atoms with Crippen molar-refractivity contribution in [1.82, 2.24) is 10.2 Å². The summed E-state index contributed by atoms with van der Waals surface area (Å²) < 4.78 is 22.3. The average Bonchev–Trinajstić information content (AvgIpc) is 2.74. The predicted molar refractivity (Wildman–Crippen MR) is 109 cm³/mol. The Labute approximate surface area is 167 Å². The van der Waals surface area contributed by atoms with Crippen LogP contribution in [-0.4, -0.2) is 58.6 Å². The van der Waals surface area contributed by atoms with Crippen LogP contribution < -0.4 is 19.5 Å². The van der Waals surface area contributed by atoms with Crippen LogP contribution in [0, 0.1) is 0 Å². The number of nitrogens with zero attached hydrogens (tertiary/aromatic N) is 1. The molecule has 1 aliphatic heterocycles. The van der Waals surface area contributed by atoms with Crippen LogP contribution in [-0.2, 0) is 17.8 Å².